The average Bonchev–Trinajstić information content (AvgIpc) is 2.76. The van der Waals surface area contributed by atoms with Gasteiger partial charge in [-0.1, -0.05) is 35.9 Å². The zero-order chi connectivity index (χ0) is 24.0. The van der Waals surface area contributed by atoms with Gasteiger partial charge in [-0.05, 0) is 69.8 Å². The van der Waals surface area contributed by atoms with Gasteiger partial charge in [-0.25, -0.2) is 0 Å². The molecule has 0 radical (unpaired) electrons. The number of carbonyl (C=O) groups is 1. The van der Waals surface area contributed by atoms with Crippen LogP contribution in [-0.2, 0) is 11.3 Å². The van der Waals surface area contributed by atoms with Gasteiger partial charge in [0.2, 0.25) is 0 Å². The van der Waals surface area contributed by atoms with E-state index in [4.69, 9.17) is 9.47 Å². The molecular formula is C28H31BrN2O3. The Kier molecular flexibility index (Phi) is 9.43. The third kappa shape index (κ3) is 7.44. The summed E-state index contributed by atoms with van der Waals surface area (Å²) in [5.74, 6) is 0.661. The normalized spacial score (nSPS) is 11.6. The van der Waals surface area contributed by atoms with Crippen molar-refractivity contribution < 1.29 is 36.1 Å². The lowest BCUT2D eigenvalue weighted by Crippen LogP contribution is -3.10. The van der Waals surface area contributed by atoms with Gasteiger partial charge in [0.05, 0.1) is 11.6 Å². The number of nitrogens with zero attached hydrogens (tertiary/aromatic N) is 1. The lowest BCUT2D eigenvalue weighted by atomic mass is 10.0. The first kappa shape index (κ1) is 27.1. The predicted octanol–water partition coefficient (Wildman–Crippen LogP) is 2.71. The van der Waals surface area contributed by atoms with Gasteiger partial charge in [0.1, 0.15) is 30.2 Å². The molecule has 0 aromatic heterocycles. The minimum atomic E-state index is -0.606. The summed E-state index contributed by atoms with van der Waals surface area (Å²) in [4.78, 5) is 13.7. The van der Waals surface area contributed by atoms with E-state index in [0.29, 0.717) is 29.4 Å². The van der Waals surface area contributed by atoms with Crippen molar-refractivity contribution in [1.29, 1.82) is 5.26 Å². The van der Waals surface area contributed by atoms with Gasteiger partial charge < -0.3 is 26.5 Å². The number of quaternary nitrogens is 1. The van der Waals surface area contributed by atoms with Crippen molar-refractivity contribution in [3.8, 4) is 11.8 Å². The van der Waals surface area contributed by atoms with Crippen molar-refractivity contribution in [2.45, 2.75) is 46.8 Å². The Morgan fingerprint density at radius 3 is 2.38 bits per heavy atom. The SMILES string of the molecule is CC(C)=CC[NH+](C(=O)OC(C)(C)C)c1cc(OCc2ccccc2)c2ccc(C#N)cc2c1.[Br-]. The van der Waals surface area contributed by atoms with Gasteiger partial charge in [0.25, 0.3) is 0 Å². The lowest BCUT2D eigenvalue weighted by Gasteiger charge is -2.23. The molecule has 0 fully saturated rings. The molecule has 3 aromatic rings. The van der Waals surface area contributed by atoms with Crippen LogP contribution >= 0.6 is 0 Å². The summed E-state index contributed by atoms with van der Waals surface area (Å²) < 4.78 is 11.9. The van der Waals surface area contributed by atoms with Crippen LogP contribution in [0.25, 0.3) is 10.8 Å². The van der Waals surface area contributed by atoms with Crippen LogP contribution in [0, 0.1) is 11.3 Å². The number of amides is 1. The Labute approximate surface area is 212 Å². The van der Waals surface area contributed by atoms with Gasteiger partial charge in [0, 0.05) is 17.5 Å². The number of halogens is 1. The Morgan fingerprint density at radius 2 is 1.76 bits per heavy atom. The first-order valence-corrected chi connectivity index (χ1v) is 11.0. The van der Waals surface area contributed by atoms with E-state index in [9.17, 15) is 10.1 Å². The summed E-state index contributed by atoms with van der Waals surface area (Å²) in [5, 5.41) is 11.1. The lowest BCUT2D eigenvalue weighted by molar-refractivity contribution is -0.746. The van der Waals surface area contributed by atoms with E-state index in [1.54, 1.807) is 6.07 Å². The number of hydrogen-bond acceptors (Lipinski definition) is 4. The molecule has 0 heterocycles. The second-order valence-corrected chi connectivity index (χ2v) is 9.26. The molecule has 3 aromatic carbocycles. The molecule has 178 valence electrons. The summed E-state index contributed by atoms with van der Waals surface area (Å²) >= 11 is 0. The van der Waals surface area contributed by atoms with Gasteiger partial charge in [-0.15, -0.1) is 0 Å². The van der Waals surface area contributed by atoms with Gasteiger partial charge in [0.15, 0.2) is 0 Å². The summed E-state index contributed by atoms with van der Waals surface area (Å²) in [5.41, 5.74) is 2.84. The maximum absolute atomic E-state index is 13.1. The second kappa shape index (κ2) is 11.8. The molecule has 0 saturated carbocycles. The van der Waals surface area contributed by atoms with Gasteiger partial charge in [-0.2, -0.15) is 15.0 Å². The molecule has 1 amide bonds. The highest BCUT2D eigenvalue weighted by atomic mass is 79.9. The molecule has 5 nitrogen and oxygen atoms in total. The highest BCUT2D eigenvalue weighted by Gasteiger charge is 2.29. The fraction of sp³-hybridized carbons (Fsp3) is 0.286. The highest BCUT2D eigenvalue weighted by molar-refractivity contribution is 5.91. The Balaban J connectivity index is 0.00000408. The summed E-state index contributed by atoms with van der Waals surface area (Å²) in [6.07, 6.45) is 1.66. The molecule has 0 bridgehead atoms. The van der Waals surface area contributed by atoms with Crippen molar-refractivity contribution in [1.82, 2.24) is 0 Å². The van der Waals surface area contributed by atoms with E-state index in [1.165, 1.54) is 0 Å². The summed E-state index contributed by atoms with van der Waals surface area (Å²) in [6.45, 7) is 10.4. The van der Waals surface area contributed by atoms with Crippen LogP contribution in [0.4, 0.5) is 10.5 Å². The number of hydrogen-bond donors (Lipinski definition) is 1. The van der Waals surface area contributed by atoms with E-state index in [2.05, 4.69) is 6.07 Å². The quantitative estimate of drug-likeness (QED) is 0.505. The number of benzene rings is 3. The number of carbonyl (C=O) groups excluding carboxylic acids is 1. The Morgan fingerprint density at radius 1 is 1.06 bits per heavy atom. The van der Waals surface area contributed by atoms with Crippen LogP contribution in [0.3, 0.4) is 0 Å². The molecule has 0 spiro atoms. The third-order valence-electron chi connectivity index (χ3n) is 4.99. The molecule has 0 aliphatic rings. The molecule has 34 heavy (non-hydrogen) atoms. The van der Waals surface area contributed by atoms with Crippen LogP contribution in [0.1, 0.15) is 45.7 Å². The predicted molar refractivity (Wildman–Crippen MR) is 131 cm³/mol. The fourth-order valence-corrected chi connectivity index (χ4v) is 3.40. The number of ether oxygens (including phenoxy) is 2. The zero-order valence-electron chi connectivity index (χ0n) is 20.3. The number of nitriles is 1. The van der Waals surface area contributed by atoms with E-state index in [-0.39, 0.29) is 23.1 Å². The van der Waals surface area contributed by atoms with E-state index in [0.717, 1.165) is 27.6 Å². The molecule has 1 N–H and O–H groups in total. The molecule has 3 rings (SSSR count). The smallest absolute Gasteiger partial charge is 0.520 e. The van der Waals surface area contributed by atoms with E-state index in [1.807, 2.05) is 95.3 Å². The Bertz CT molecular complexity index is 1200. The largest absolute Gasteiger partial charge is 1.00 e. The molecule has 6 heteroatoms. The molecule has 0 aliphatic heterocycles. The molecule has 0 saturated heterocycles. The van der Waals surface area contributed by atoms with Crippen LogP contribution < -0.4 is 26.6 Å². The van der Waals surface area contributed by atoms with E-state index >= 15 is 0 Å². The van der Waals surface area contributed by atoms with Crippen molar-refractivity contribution in [2.24, 2.45) is 0 Å². The minimum absolute atomic E-state index is 0. The average molecular weight is 523 g/mol. The van der Waals surface area contributed by atoms with Crippen LogP contribution in [0.15, 0.2) is 72.3 Å². The molecule has 0 aliphatic carbocycles. The zero-order valence-corrected chi connectivity index (χ0v) is 21.9. The standard InChI is InChI=1S/C28H30N2O3.BrH/c1-20(2)13-14-30(27(31)33-28(3,4)5)24-16-23-15-22(18-29)11-12-25(23)26(17-24)32-19-21-9-7-6-8-10-21;/h6-13,15-17H,14,19H2,1-5H3;1H. The molecule has 1 unspecified atom stereocenters. The maximum atomic E-state index is 13.1. The fourth-order valence-electron chi connectivity index (χ4n) is 3.40. The van der Waals surface area contributed by atoms with Gasteiger partial charge in [-0.3, -0.25) is 0 Å². The minimum Gasteiger partial charge on any atom is -1.00 e. The summed E-state index contributed by atoms with van der Waals surface area (Å²) in [6, 6.07) is 21.4. The first-order chi connectivity index (χ1) is 15.7. The summed E-state index contributed by atoms with van der Waals surface area (Å²) in [7, 11) is 0. The van der Waals surface area contributed by atoms with Gasteiger partial charge >= 0.3 is 6.09 Å². The monoisotopic (exact) mass is 522 g/mol. The second-order valence-electron chi connectivity index (χ2n) is 9.26. The number of fused-ring (bicyclic) bond motifs is 1. The van der Waals surface area contributed by atoms with Crippen molar-refractivity contribution in [3.63, 3.8) is 0 Å². The first-order valence-electron chi connectivity index (χ1n) is 11.0. The van der Waals surface area contributed by atoms with Crippen molar-refractivity contribution in [3.05, 3.63) is 83.4 Å². The maximum Gasteiger partial charge on any atom is 0.520 e. The van der Waals surface area contributed by atoms with Crippen LogP contribution in [0.2, 0.25) is 0 Å². The van der Waals surface area contributed by atoms with Crippen molar-refractivity contribution >= 4 is 22.6 Å². The number of allylic oxidation sites excluding steroid dienone is 1. The molecular weight excluding hydrogens is 492 g/mol. The van der Waals surface area contributed by atoms with Crippen LogP contribution in [0.5, 0.6) is 5.75 Å². The third-order valence-corrected chi connectivity index (χ3v) is 4.99. The topological polar surface area (TPSA) is 63.8 Å². The van der Waals surface area contributed by atoms with Crippen molar-refractivity contribution in [2.75, 3.05) is 6.54 Å². The Hall–Kier alpha value is -3.14. The number of rotatable bonds is 6. The number of nitrogens with one attached hydrogen (secondary N) is 1. The molecule has 1 atom stereocenters. The van der Waals surface area contributed by atoms with E-state index < -0.39 is 5.60 Å². The van der Waals surface area contributed by atoms with Crippen LogP contribution in [-0.4, -0.2) is 18.2 Å². The number of alkyl carbamates (subject to hydrolysis) is 1. The highest BCUT2D eigenvalue weighted by Crippen LogP contribution is 2.30.